The van der Waals surface area contributed by atoms with Crippen molar-refractivity contribution in [2.75, 3.05) is 33.9 Å². The molecule has 1 aromatic heterocycles. The molecule has 1 fully saturated rings. The van der Waals surface area contributed by atoms with Crippen molar-refractivity contribution in [3.05, 3.63) is 52.3 Å². The molecule has 3 heterocycles. The first-order chi connectivity index (χ1) is 13.5. The number of rotatable bonds is 3. The fourth-order valence-electron chi connectivity index (χ4n) is 3.92. The van der Waals surface area contributed by atoms with Gasteiger partial charge in [-0.15, -0.1) is 0 Å². The zero-order chi connectivity index (χ0) is 19.8. The van der Waals surface area contributed by atoms with Crippen molar-refractivity contribution >= 4 is 23.4 Å². The summed E-state index contributed by atoms with van der Waals surface area (Å²) in [5, 5.41) is 0.137. The number of halogens is 1. The molecule has 7 nitrogen and oxygen atoms in total. The fraction of sp³-hybridized carbons (Fsp3) is 0.350. The highest BCUT2D eigenvalue weighted by Gasteiger charge is 2.39. The van der Waals surface area contributed by atoms with E-state index < -0.39 is 0 Å². The molecule has 2 amide bonds. The van der Waals surface area contributed by atoms with Crippen LogP contribution in [-0.2, 0) is 11.2 Å². The summed E-state index contributed by atoms with van der Waals surface area (Å²) in [6.07, 6.45) is 2.26. The minimum atomic E-state index is -0.293. The summed E-state index contributed by atoms with van der Waals surface area (Å²) in [5.41, 5.74) is 2.38. The Morgan fingerprint density at radius 2 is 2.00 bits per heavy atom. The zero-order valence-electron chi connectivity index (χ0n) is 15.6. The van der Waals surface area contributed by atoms with E-state index in [1.54, 1.807) is 26.4 Å². The van der Waals surface area contributed by atoms with Gasteiger partial charge in [-0.2, -0.15) is 0 Å². The lowest BCUT2D eigenvalue weighted by Crippen LogP contribution is -2.55. The standard InChI is InChI=1S/C20H20ClN3O4/c1-27-16-8-12-5-7-24-15(14(12)9-17(16)28-2)10-23(11-18(24)25)20(26)13-4-3-6-22-19(13)21/h3-4,6,8-9,15H,5,7,10-11H2,1-2H3. The van der Waals surface area contributed by atoms with Crippen LogP contribution < -0.4 is 9.47 Å². The molecule has 2 aromatic rings. The maximum atomic E-state index is 13.0. The molecule has 8 heteroatoms. The Morgan fingerprint density at radius 3 is 2.71 bits per heavy atom. The van der Waals surface area contributed by atoms with Crippen LogP contribution in [0.4, 0.5) is 0 Å². The maximum Gasteiger partial charge on any atom is 0.257 e. The third-order valence-electron chi connectivity index (χ3n) is 5.32. The van der Waals surface area contributed by atoms with Gasteiger partial charge >= 0.3 is 0 Å². The second-order valence-electron chi connectivity index (χ2n) is 6.79. The van der Waals surface area contributed by atoms with Crippen molar-refractivity contribution < 1.29 is 19.1 Å². The van der Waals surface area contributed by atoms with Crippen LogP contribution in [0.5, 0.6) is 11.5 Å². The Kier molecular flexibility index (Phi) is 4.85. The lowest BCUT2D eigenvalue weighted by Gasteiger charge is -2.44. The Labute approximate surface area is 167 Å². The summed E-state index contributed by atoms with van der Waals surface area (Å²) in [6.45, 7) is 1.03. The van der Waals surface area contributed by atoms with Crippen molar-refractivity contribution in [2.24, 2.45) is 0 Å². The van der Waals surface area contributed by atoms with E-state index in [2.05, 4.69) is 4.98 Å². The number of amides is 2. The van der Waals surface area contributed by atoms with Crippen LogP contribution in [0.25, 0.3) is 0 Å². The molecule has 0 radical (unpaired) electrons. The summed E-state index contributed by atoms with van der Waals surface area (Å²) in [4.78, 5) is 33.1. The molecule has 0 saturated carbocycles. The number of aromatic nitrogens is 1. The van der Waals surface area contributed by atoms with Gasteiger partial charge < -0.3 is 19.3 Å². The molecule has 1 unspecified atom stereocenters. The van der Waals surface area contributed by atoms with Gasteiger partial charge in [-0.05, 0) is 41.8 Å². The van der Waals surface area contributed by atoms with Crippen molar-refractivity contribution in [1.29, 1.82) is 0 Å². The van der Waals surface area contributed by atoms with Crippen molar-refractivity contribution in [3.8, 4) is 11.5 Å². The smallest absolute Gasteiger partial charge is 0.257 e. The molecule has 0 aliphatic carbocycles. The summed E-state index contributed by atoms with van der Waals surface area (Å²) < 4.78 is 10.8. The van der Waals surface area contributed by atoms with Crippen molar-refractivity contribution in [3.63, 3.8) is 0 Å². The van der Waals surface area contributed by atoms with E-state index >= 15 is 0 Å². The van der Waals surface area contributed by atoms with Gasteiger partial charge in [0.15, 0.2) is 11.5 Å². The number of carbonyl (C=O) groups excluding carboxylic acids is 2. The first-order valence-electron chi connectivity index (χ1n) is 8.97. The SMILES string of the molecule is COc1cc2c(cc1OC)C1CN(C(=O)c3cccnc3Cl)CC(=O)N1CC2. The van der Waals surface area contributed by atoms with Crippen LogP contribution in [0.3, 0.4) is 0 Å². The summed E-state index contributed by atoms with van der Waals surface area (Å²) in [5.74, 6) is 0.893. The molecule has 1 aromatic carbocycles. The summed E-state index contributed by atoms with van der Waals surface area (Å²) in [6, 6.07) is 6.91. The lowest BCUT2D eigenvalue weighted by molar-refractivity contribution is -0.139. The molecule has 28 heavy (non-hydrogen) atoms. The van der Waals surface area contributed by atoms with Crippen LogP contribution in [-0.4, -0.2) is 60.5 Å². The van der Waals surface area contributed by atoms with Crippen LogP contribution in [0.1, 0.15) is 27.5 Å². The van der Waals surface area contributed by atoms with E-state index in [0.29, 0.717) is 30.2 Å². The second-order valence-corrected chi connectivity index (χ2v) is 7.14. The number of piperazine rings is 1. The molecule has 4 rings (SSSR count). The number of fused-ring (bicyclic) bond motifs is 3. The molecule has 1 atom stereocenters. The Balaban J connectivity index is 1.69. The number of nitrogens with zero attached hydrogens (tertiary/aromatic N) is 3. The van der Waals surface area contributed by atoms with Crippen LogP contribution in [0.15, 0.2) is 30.5 Å². The van der Waals surface area contributed by atoms with E-state index in [1.165, 1.54) is 11.1 Å². The first-order valence-corrected chi connectivity index (χ1v) is 9.35. The number of benzene rings is 1. The number of hydrogen-bond acceptors (Lipinski definition) is 5. The van der Waals surface area contributed by atoms with Gasteiger partial charge in [0.1, 0.15) is 11.7 Å². The lowest BCUT2D eigenvalue weighted by atomic mass is 9.90. The molecule has 0 spiro atoms. The normalized spacial score (nSPS) is 18.4. The van der Waals surface area contributed by atoms with E-state index in [0.717, 1.165) is 17.5 Å². The molecule has 2 aliphatic heterocycles. The highest BCUT2D eigenvalue weighted by Crippen LogP contribution is 2.39. The van der Waals surface area contributed by atoms with Crippen molar-refractivity contribution in [1.82, 2.24) is 14.8 Å². The summed E-state index contributed by atoms with van der Waals surface area (Å²) in [7, 11) is 3.18. The van der Waals surface area contributed by atoms with Gasteiger partial charge in [-0.1, -0.05) is 11.6 Å². The molecule has 146 valence electrons. The Morgan fingerprint density at radius 1 is 1.25 bits per heavy atom. The van der Waals surface area contributed by atoms with Gasteiger partial charge in [0.2, 0.25) is 5.91 Å². The van der Waals surface area contributed by atoms with Crippen LogP contribution >= 0.6 is 11.6 Å². The summed E-state index contributed by atoms with van der Waals surface area (Å²) >= 11 is 6.08. The van der Waals surface area contributed by atoms with Gasteiger partial charge in [-0.3, -0.25) is 9.59 Å². The van der Waals surface area contributed by atoms with Gasteiger partial charge in [0.05, 0.1) is 25.8 Å². The first kappa shape index (κ1) is 18.6. The van der Waals surface area contributed by atoms with E-state index in [9.17, 15) is 9.59 Å². The number of methoxy groups -OCH3 is 2. The minimum Gasteiger partial charge on any atom is -0.493 e. The van der Waals surface area contributed by atoms with Gasteiger partial charge in [0.25, 0.3) is 5.91 Å². The van der Waals surface area contributed by atoms with E-state index in [-0.39, 0.29) is 29.6 Å². The molecular weight excluding hydrogens is 382 g/mol. The quantitative estimate of drug-likeness (QED) is 0.738. The topological polar surface area (TPSA) is 72.0 Å². The third kappa shape index (κ3) is 3.05. The number of ether oxygens (including phenoxy) is 2. The molecule has 1 saturated heterocycles. The fourth-order valence-corrected chi connectivity index (χ4v) is 4.12. The van der Waals surface area contributed by atoms with Crippen LogP contribution in [0.2, 0.25) is 5.15 Å². The average molecular weight is 402 g/mol. The number of hydrogen-bond donors (Lipinski definition) is 0. The average Bonchev–Trinajstić information content (AvgIpc) is 2.72. The monoisotopic (exact) mass is 401 g/mol. The highest BCUT2D eigenvalue weighted by molar-refractivity contribution is 6.32. The second kappa shape index (κ2) is 7.31. The van der Waals surface area contributed by atoms with E-state index in [1.807, 2.05) is 17.0 Å². The maximum absolute atomic E-state index is 13.0. The molecule has 2 aliphatic rings. The zero-order valence-corrected chi connectivity index (χ0v) is 16.4. The predicted molar refractivity (Wildman–Crippen MR) is 103 cm³/mol. The molecule has 0 bridgehead atoms. The number of pyridine rings is 1. The molecule has 0 N–H and O–H groups in total. The minimum absolute atomic E-state index is 0.0309. The predicted octanol–water partition coefficient (Wildman–Crippen LogP) is 2.33. The largest absolute Gasteiger partial charge is 0.493 e. The third-order valence-corrected chi connectivity index (χ3v) is 5.62. The highest BCUT2D eigenvalue weighted by atomic mass is 35.5. The number of carbonyl (C=O) groups is 2. The van der Waals surface area contributed by atoms with Crippen LogP contribution in [0, 0.1) is 0 Å². The van der Waals surface area contributed by atoms with E-state index in [4.69, 9.17) is 21.1 Å². The van der Waals surface area contributed by atoms with Gasteiger partial charge in [0, 0.05) is 19.3 Å². The Bertz CT molecular complexity index is 949. The van der Waals surface area contributed by atoms with Gasteiger partial charge in [-0.25, -0.2) is 4.98 Å². The Hall–Kier alpha value is -2.80. The molecular formula is C20H20ClN3O4. The van der Waals surface area contributed by atoms with Crippen molar-refractivity contribution in [2.45, 2.75) is 12.5 Å².